The van der Waals surface area contributed by atoms with Crippen molar-refractivity contribution < 1.29 is 4.74 Å². The Morgan fingerprint density at radius 2 is 2.21 bits per heavy atom. The van der Waals surface area contributed by atoms with Crippen LogP contribution in [-0.2, 0) is 4.74 Å². The lowest BCUT2D eigenvalue weighted by atomic mass is 10.2. The van der Waals surface area contributed by atoms with Crippen LogP contribution in [0.5, 0.6) is 0 Å². The Labute approximate surface area is 93.8 Å². The zero-order valence-electron chi connectivity index (χ0n) is 8.80. The van der Waals surface area contributed by atoms with Gasteiger partial charge in [-0.1, -0.05) is 22.0 Å². The first kappa shape index (κ1) is 11.5. The molecule has 0 bridgehead atoms. The third kappa shape index (κ3) is 3.31. The fourth-order valence-corrected chi connectivity index (χ4v) is 1.67. The monoisotopic (exact) mass is 257 g/mol. The SMILES string of the molecule is COC[C@H](C)Nc1cc(Br)ccc1C. The number of methoxy groups -OCH3 is 1. The van der Waals surface area contributed by atoms with Crippen LogP contribution in [0.15, 0.2) is 22.7 Å². The smallest absolute Gasteiger partial charge is 0.0661 e. The molecule has 0 saturated heterocycles. The Kier molecular flexibility index (Phi) is 4.42. The largest absolute Gasteiger partial charge is 0.383 e. The van der Waals surface area contributed by atoms with Gasteiger partial charge in [0, 0.05) is 23.3 Å². The first-order chi connectivity index (χ1) is 6.63. The molecule has 0 spiro atoms. The van der Waals surface area contributed by atoms with Crippen LogP contribution in [0.4, 0.5) is 5.69 Å². The molecule has 14 heavy (non-hydrogen) atoms. The van der Waals surface area contributed by atoms with Crippen molar-refractivity contribution in [2.75, 3.05) is 19.0 Å². The van der Waals surface area contributed by atoms with Gasteiger partial charge in [0.05, 0.1) is 6.61 Å². The van der Waals surface area contributed by atoms with E-state index < -0.39 is 0 Å². The third-order valence-electron chi connectivity index (χ3n) is 2.02. The quantitative estimate of drug-likeness (QED) is 0.895. The molecule has 0 aliphatic rings. The van der Waals surface area contributed by atoms with Crippen LogP contribution in [0.3, 0.4) is 0 Å². The number of aryl methyl sites for hydroxylation is 1. The van der Waals surface area contributed by atoms with E-state index >= 15 is 0 Å². The van der Waals surface area contributed by atoms with E-state index in [1.807, 2.05) is 6.07 Å². The van der Waals surface area contributed by atoms with Crippen LogP contribution in [0.25, 0.3) is 0 Å². The van der Waals surface area contributed by atoms with Crippen molar-refractivity contribution in [3.05, 3.63) is 28.2 Å². The van der Waals surface area contributed by atoms with Gasteiger partial charge in [-0.05, 0) is 31.5 Å². The number of hydrogen-bond donors (Lipinski definition) is 1. The summed E-state index contributed by atoms with van der Waals surface area (Å²) in [6.07, 6.45) is 0. The summed E-state index contributed by atoms with van der Waals surface area (Å²) in [5.74, 6) is 0. The van der Waals surface area contributed by atoms with Crippen molar-refractivity contribution in [1.82, 2.24) is 0 Å². The van der Waals surface area contributed by atoms with Crippen molar-refractivity contribution in [3.8, 4) is 0 Å². The highest BCUT2D eigenvalue weighted by molar-refractivity contribution is 9.10. The molecule has 0 aromatic heterocycles. The molecular weight excluding hydrogens is 242 g/mol. The molecule has 0 radical (unpaired) electrons. The number of ether oxygens (including phenoxy) is 1. The van der Waals surface area contributed by atoms with Gasteiger partial charge in [-0.2, -0.15) is 0 Å². The maximum absolute atomic E-state index is 5.07. The summed E-state index contributed by atoms with van der Waals surface area (Å²) in [5.41, 5.74) is 2.40. The van der Waals surface area contributed by atoms with Crippen LogP contribution in [0.2, 0.25) is 0 Å². The summed E-state index contributed by atoms with van der Waals surface area (Å²) < 4.78 is 6.16. The Morgan fingerprint density at radius 3 is 2.86 bits per heavy atom. The maximum Gasteiger partial charge on any atom is 0.0661 e. The van der Waals surface area contributed by atoms with Crippen molar-refractivity contribution >= 4 is 21.6 Å². The molecule has 1 rings (SSSR count). The summed E-state index contributed by atoms with van der Waals surface area (Å²) in [6.45, 7) is 4.91. The summed E-state index contributed by atoms with van der Waals surface area (Å²) in [5, 5.41) is 3.40. The van der Waals surface area contributed by atoms with Gasteiger partial charge in [-0.25, -0.2) is 0 Å². The van der Waals surface area contributed by atoms with Crippen molar-refractivity contribution in [1.29, 1.82) is 0 Å². The zero-order valence-corrected chi connectivity index (χ0v) is 10.4. The average molecular weight is 258 g/mol. The van der Waals surface area contributed by atoms with Crippen molar-refractivity contribution in [2.45, 2.75) is 19.9 Å². The lowest BCUT2D eigenvalue weighted by molar-refractivity contribution is 0.190. The first-order valence-electron chi connectivity index (χ1n) is 4.65. The summed E-state index contributed by atoms with van der Waals surface area (Å²) in [6, 6.07) is 6.54. The molecule has 0 heterocycles. The van der Waals surface area contributed by atoms with Gasteiger partial charge in [0.2, 0.25) is 0 Å². The van der Waals surface area contributed by atoms with E-state index in [1.54, 1.807) is 7.11 Å². The van der Waals surface area contributed by atoms with E-state index in [9.17, 15) is 0 Å². The molecule has 0 aliphatic carbocycles. The minimum atomic E-state index is 0.327. The normalized spacial score (nSPS) is 12.6. The van der Waals surface area contributed by atoms with E-state index in [0.29, 0.717) is 12.6 Å². The van der Waals surface area contributed by atoms with Gasteiger partial charge < -0.3 is 10.1 Å². The van der Waals surface area contributed by atoms with E-state index in [2.05, 4.69) is 47.2 Å². The summed E-state index contributed by atoms with van der Waals surface area (Å²) >= 11 is 3.45. The molecule has 3 heteroatoms. The number of anilines is 1. The topological polar surface area (TPSA) is 21.3 Å². The Balaban J connectivity index is 2.70. The van der Waals surface area contributed by atoms with Crippen LogP contribution >= 0.6 is 15.9 Å². The number of hydrogen-bond acceptors (Lipinski definition) is 2. The fourth-order valence-electron chi connectivity index (χ4n) is 1.31. The second kappa shape index (κ2) is 5.37. The maximum atomic E-state index is 5.07. The molecule has 1 N–H and O–H groups in total. The third-order valence-corrected chi connectivity index (χ3v) is 2.51. The van der Waals surface area contributed by atoms with E-state index in [1.165, 1.54) is 5.56 Å². The Bertz CT molecular complexity index is 301. The highest BCUT2D eigenvalue weighted by atomic mass is 79.9. The second-order valence-corrected chi connectivity index (χ2v) is 4.38. The molecule has 0 saturated carbocycles. The van der Waals surface area contributed by atoms with Gasteiger partial charge in [0.1, 0.15) is 0 Å². The average Bonchev–Trinajstić information content (AvgIpc) is 2.12. The molecule has 0 aliphatic heterocycles. The molecule has 0 unspecified atom stereocenters. The predicted octanol–water partition coefficient (Wildman–Crippen LogP) is 3.20. The number of nitrogens with one attached hydrogen (secondary N) is 1. The molecule has 1 aromatic carbocycles. The Morgan fingerprint density at radius 1 is 1.50 bits per heavy atom. The zero-order chi connectivity index (χ0) is 10.6. The van der Waals surface area contributed by atoms with Crippen LogP contribution in [0.1, 0.15) is 12.5 Å². The highest BCUT2D eigenvalue weighted by Crippen LogP contribution is 2.21. The molecule has 2 nitrogen and oxygen atoms in total. The second-order valence-electron chi connectivity index (χ2n) is 3.46. The molecule has 1 aromatic rings. The van der Waals surface area contributed by atoms with Crippen LogP contribution in [0, 0.1) is 6.92 Å². The van der Waals surface area contributed by atoms with Crippen molar-refractivity contribution in [3.63, 3.8) is 0 Å². The van der Waals surface area contributed by atoms with Crippen LogP contribution < -0.4 is 5.32 Å². The standard InChI is InChI=1S/C11H16BrNO/c1-8-4-5-10(12)6-11(8)13-9(2)7-14-3/h4-6,9,13H,7H2,1-3H3/t9-/m0/s1. The lowest BCUT2D eigenvalue weighted by Gasteiger charge is -2.16. The van der Waals surface area contributed by atoms with Gasteiger partial charge in [0.25, 0.3) is 0 Å². The highest BCUT2D eigenvalue weighted by Gasteiger charge is 2.03. The summed E-state index contributed by atoms with van der Waals surface area (Å²) in [4.78, 5) is 0. The van der Waals surface area contributed by atoms with Gasteiger partial charge >= 0.3 is 0 Å². The molecule has 0 amide bonds. The van der Waals surface area contributed by atoms with E-state index in [0.717, 1.165) is 10.2 Å². The molecule has 1 atom stereocenters. The predicted molar refractivity (Wildman–Crippen MR) is 63.8 cm³/mol. The minimum absolute atomic E-state index is 0.327. The van der Waals surface area contributed by atoms with Gasteiger partial charge in [0.15, 0.2) is 0 Å². The fraction of sp³-hybridized carbons (Fsp3) is 0.455. The van der Waals surface area contributed by atoms with E-state index in [4.69, 9.17) is 4.74 Å². The van der Waals surface area contributed by atoms with Gasteiger partial charge in [-0.3, -0.25) is 0 Å². The van der Waals surface area contributed by atoms with E-state index in [-0.39, 0.29) is 0 Å². The van der Waals surface area contributed by atoms with Gasteiger partial charge in [-0.15, -0.1) is 0 Å². The number of benzene rings is 1. The van der Waals surface area contributed by atoms with Crippen molar-refractivity contribution in [2.24, 2.45) is 0 Å². The number of rotatable bonds is 4. The lowest BCUT2D eigenvalue weighted by Crippen LogP contribution is -2.21. The van der Waals surface area contributed by atoms with Crippen LogP contribution in [-0.4, -0.2) is 19.8 Å². The summed E-state index contributed by atoms with van der Waals surface area (Å²) in [7, 11) is 1.71. The first-order valence-corrected chi connectivity index (χ1v) is 5.44. The Hall–Kier alpha value is -0.540. The molecular formula is C11H16BrNO. The minimum Gasteiger partial charge on any atom is -0.383 e. The number of halogens is 1. The molecule has 0 fully saturated rings. The molecule has 78 valence electrons.